The summed E-state index contributed by atoms with van der Waals surface area (Å²) in [6.07, 6.45) is 0. The predicted octanol–water partition coefficient (Wildman–Crippen LogP) is 10.2. The van der Waals surface area contributed by atoms with Crippen LogP contribution in [-0.4, -0.2) is 15.0 Å². The molecule has 0 saturated heterocycles. The molecule has 0 spiro atoms. The van der Waals surface area contributed by atoms with Crippen LogP contribution in [0.3, 0.4) is 0 Å². The van der Waals surface area contributed by atoms with E-state index in [9.17, 15) is 0 Å². The summed E-state index contributed by atoms with van der Waals surface area (Å²) in [7, 11) is 0. The Balaban J connectivity index is 1.24. The minimum Gasteiger partial charge on any atom is -0.456 e. The van der Waals surface area contributed by atoms with Gasteiger partial charge < -0.3 is 4.42 Å². The SMILES string of the molecule is CC1(C)c2cc(-c3nc(-c4ccccc4)nc(-c4cccc5ccccc45)n3)ccc2-c2cc3c(cc21)oc1ccccc13. The molecule has 4 nitrogen and oxygen atoms in total. The van der Waals surface area contributed by atoms with E-state index in [-0.39, 0.29) is 5.41 Å². The van der Waals surface area contributed by atoms with Crippen molar-refractivity contribution < 1.29 is 4.42 Å². The topological polar surface area (TPSA) is 51.8 Å². The lowest BCUT2D eigenvalue weighted by molar-refractivity contribution is 0.647. The third kappa shape index (κ3) is 3.67. The molecule has 4 heteroatoms. The summed E-state index contributed by atoms with van der Waals surface area (Å²) in [5.74, 6) is 1.99. The minimum absolute atomic E-state index is 0.221. The van der Waals surface area contributed by atoms with E-state index >= 15 is 0 Å². The molecule has 1 aliphatic carbocycles. The lowest BCUT2D eigenvalue weighted by Gasteiger charge is -2.22. The van der Waals surface area contributed by atoms with Crippen LogP contribution in [-0.2, 0) is 5.41 Å². The fraction of sp³-hybridized carbons (Fsp3) is 0.0750. The molecule has 2 heterocycles. The van der Waals surface area contributed by atoms with Gasteiger partial charge in [0.05, 0.1) is 0 Å². The molecule has 8 aromatic rings. The van der Waals surface area contributed by atoms with Crippen molar-refractivity contribution in [2.24, 2.45) is 0 Å². The molecule has 0 aliphatic heterocycles. The Kier molecular flexibility index (Phi) is 5.21. The summed E-state index contributed by atoms with van der Waals surface area (Å²) < 4.78 is 6.28. The number of fused-ring (bicyclic) bond motifs is 7. The number of furan rings is 1. The highest BCUT2D eigenvalue weighted by atomic mass is 16.3. The molecular weight excluding hydrogens is 538 g/mol. The van der Waals surface area contributed by atoms with Crippen molar-refractivity contribution in [3.05, 3.63) is 139 Å². The molecule has 9 rings (SSSR count). The Morgan fingerprint density at radius 3 is 2.00 bits per heavy atom. The second kappa shape index (κ2) is 9.19. The third-order valence-electron chi connectivity index (χ3n) is 9.13. The van der Waals surface area contributed by atoms with Gasteiger partial charge in [-0.25, -0.2) is 15.0 Å². The second-order valence-electron chi connectivity index (χ2n) is 12.1. The first-order valence-electron chi connectivity index (χ1n) is 15.0. The summed E-state index contributed by atoms with van der Waals surface area (Å²) in [4.78, 5) is 15.1. The molecular formula is C40H27N3O. The summed E-state index contributed by atoms with van der Waals surface area (Å²) in [6, 6.07) is 44.3. The smallest absolute Gasteiger partial charge is 0.164 e. The van der Waals surface area contributed by atoms with Crippen LogP contribution in [0.1, 0.15) is 25.0 Å². The van der Waals surface area contributed by atoms with E-state index in [0.717, 1.165) is 49.4 Å². The average Bonchev–Trinajstić information content (AvgIpc) is 3.55. The molecule has 0 atom stereocenters. The summed E-state index contributed by atoms with van der Waals surface area (Å²) in [6.45, 7) is 4.58. The van der Waals surface area contributed by atoms with Crippen molar-refractivity contribution in [2.75, 3.05) is 0 Å². The average molecular weight is 566 g/mol. The quantitative estimate of drug-likeness (QED) is 0.214. The van der Waals surface area contributed by atoms with Crippen LogP contribution in [0.4, 0.5) is 0 Å². The van der Waals surface area contributed by atoms with Crippen LogP contribution < -0.4 is 0 Å². The third-order valence-corrected chi connectivity index (χ3v) is 9.13. The minimum atomic E-state index is -0.221. The highest BCUT2D eigenvalue weighted by molar-refractivity contribution is 6.07. The Labute approximate surface area is 254 Å². The maximum atomic E-state index is 6.28. The largest absolute Gasteiger partial charge is 0.456 e. The Morgan fingerprint density at radius 1 is 0.455 bits per heavy atom. The number of nitrogens with zero attached hydrogens (tertiary/aromatic N) is 3. The van der Waals surface area contributed by atoms with E-state index < -0.39 is 0 Å². The van der Waals surface area contributed by atoms with E-state index in [0.29, 0.717) is 17.5 Å². The van der Waals surface area contributed by atoms with Gasteiger partial charge in [0.2, 0.25) is 0 Å². The Hall–Kier alpha value is -5.61. The van der Waals surface area contributed by atoms with Gasteiger partial charge in [0.1, 0.15) is 11.2 Å². The highest BCUT2D eigenvalue weighted by Crippen LogP contribution is 2.51. The van der Waals surface area contributed by atoms with Crippen molar-refractivity contribution in [3.8, 4) is 45.3 Å². The maximum absolute atomic E-state index is 6.28. The first-order chi connectivity index (χ1) is 21.5. The van der Waals surface area contributed by atoms with Crippen LogP contribution in [0.25, 0.3) is 78.0 Å². The molecule has 6 aromatic carbocycles. The number of hydrogen-bond donors (Lipinski definition) is 0. The highest BCUT2D eigenvalue weighted by Gasteiger charge is 2.36. The van der Waals surface area contributed by atoms with Crippen molar-refractivity contribution in [1.29, 1.82) is 0 Å². The van der Waals surface area contributed by atoms with E-state index in [2.05, 4.69) is 98.8 Å². The molecule has 208 valence electrons. The van der Waals surface area contributed by atoms with Gasteiger partial charge in [0.25, 0.3) is 0 Å². The lowest BCUT2D eigenvalue weighted by atomic mass is 9.82. The van der Waals surface area contributed by atoms with Crippen molar-refractivity contribution in [3.63, 3.8) is 0 Å². The van der Waals surface area contributed by atoms with Gasteiger partial charge in [-0.3, -0.25) is 0 Å². The van der Waals surface area contributed by atoms with Gasteiger partial charge in [-0.1, -0.05) is 117 Å². The predicted molar refractivity (Wildman–Crippen MR) is 178 cm³/mol. The zero-order chi connectivity index (χ0) is 29.4. The van der Waals surface area contributed by atoms with E-state index in [1.54, 1.807) is 0 Å². The standard InChI is InChI=1S/C40H27N3O/c1-40(2)33-21-26(19-20-28(33)31-22-32-29-16-8-9-18-35(29)44-36(32)23-34(31)40)38-41-37(25-12-4-3-5-13-25)42-39(43-38)30-17-10-14-24-11-6-7-15-27(24)30/h3-23H,1-2H3. The molecule has 1 aliphatic rings. The lowest BCUT2D eigenvalue weighted by Crippen LogP contribution is -2.15. The first kappa shape index (κ1) is 24.9. The van der Waals surface area contributed by atoms with E-state index in [4.69, 9.17) is 19.4 Å². The van der Waals surface area contributed by atoms with Crippen LogP contribution in [0, 0.1) is 0 Å². The zero-order valence-corrected chi connectivity index (χ0v) is 24.4. The monoisotopic (exact) mass is 565 g/mol. The van der Waals surface area contributed by atoms with E-state index in [1.165, 1.54) is 22.3 Å². The van der Waals surface area contributed by atoms with Gasteiger partial charge >= 0.3 is 0 Å². The number of aromatic nitrogens is 3. The molecule has 0 unspecified atom stereocenters. The summed E-state index contributed by atoms with van der Waals surface area (Å²) >= 11 is 0. The Morgan fingerprint density at radius 2 is 1.14 bits per heavy atom. The molecule has 0 fully saturated rings. The first-order valence-corrected chi connectivity index (χ1v) is 15.0. The second-order valence-corrected chi connectivity index (χ2v) is 12.1. The number of rotatable bonds is 3. The van der Waals surface area contributed by atoms with Gasteiger partial charge in [-0.05, 0) is 57.3 Å². The van der Waals surface area contributed by atoms with Crippen molar-refractivity contribution >= 4 is 32.7 Å². The van der Waals surface area contributed by atoms with Crippen LogP contribution in [0.2, 0.25) is 0 Å². The molecule has 2 aromatic heterocycles. The normalized spacial score (nSPS) is 13.4. The van der Waals surface area contributed by atoms with Crippen LogP contribution in [0.5, 0.6) is 0 Å². The van der Waals surface area contributed by atoms with Gasteiger partial charge in [0.15, 0.2) is 17.5 Å². The van der Waals surface area contributed by atoms with E-state index in [1.807, 2.05) is 42.5 Å². The maximum Gasteiger partial charge on any atom is 0.164 e. The zero-order valence-electron chi connectivity index (χ0n) is 24.4. The number of hydrogen-bond acceptors (Lipinski definition) is 4. The Bertz CT molecular complexity index is 2420. The fourth-order valence-corrected chi connectivity index (χ4v) is 6.85. The molecule has 0 amide bonds. The van der Waals surface area contributed by atoms with Gasteiger partial charge in [-0.2, -0.15) is 0 Å². The number of para-hydroxylation sites is 1. The van der Waals surface area contributed by atoms with Crippen LogP contribution in [0.15, 0.2) is 132 Å². The molecule has 0 radical (unpaired) electrons. The fourth-order valence-electron chi connectivity index (χ4n) is 6.85. The number of benzene rings is 6. The molecule has 0 N–H and O–H groups in total. The molecule has 0 saturated carbocycles. The van der Waals surface area contributed by atoms with Crippen molar-refractivity contribution in [2.45, 2.75) is 19.3 Å². The molecule has 0 bridgehead atoms. The van der Waals surface area contributed by atoms with Crippen LogP contribution >= 0.6 is 0 Å². The van der Waals surface area contributed by atoms with Gasteiger partial charge in [0, 0.05) is 32.9 Å². The van der Waals surface area contributed by atoms with Crippen molar-refractivity contribution in [1.82, 2.24) is 15.0 Å². The summed E-state index contributed by atoms with van der Waals surface area (Å²) in [5.41, 5.74) is 9.58. The summed E-state index contributed by atoms with van der Waals surface area (Å²) in [5, 5.41) is 4.57. The van der Waals surface area contributed by atoms with Gasteiger partial charge in [-0.15, -0.1) is 0 Å². The molecule has 44 heavy (non-hydrogen) atoms.